The van der Waals surface area contributed by atoms with E-state index in [0.717, 1.165) is 0 Å². The van der Waals surface area contributed by atoms with Gasteiger partial charge in [0.1, 0.15) is 0 Å². The minimum atomic E-state index is -0.568. The van der Waals surface area contributed by atoms with Crippen LogP contribution in [0.15, 0.2) is 0 Å². The summed E-state index contributed by atoms with van der Waals surface area (Å²) in [7, 11) is 1.43. The van der Waals surface area contributed by atoms with Gasteiger partial charge >= 0.3 is 0 Å². The molecule has 5 N–H and O–H groups in total. The molecule has 21 heavy (non-hydrogen) atoms. The molecule has 118 valence electrons. The van der Waals surface area contributed by atoms with Crippen LogP contribution in [0.2, 0.25) is 0 Å². The second-order valence-corrected chi connectivity index (χ2v) is 3.91. The third-order valence-corrected chi connectivity index (χ3v) is 2.12. The summed E-state index contributed by atoms with van der Waals surface area (Å²) in [4.78, 5) is 55.1. The molecular formula is C11H19N5O5. The zero-order valence-corrected chi connectivity index (χ0v) is 11.9. The molecule has 0 aromatic heterocycles. The van der Waals surface area contributed by atoms with Crippen LogP contribution < -0.4 is 26.6 Å². The van der Waals surface area contributed by atoms with E-state index in [2.05, 4.69) is 26.6 Å². The fourth-order valence-electron chi connectivity index (χ4n) is 1.02. The fraction of sp³-hybridized carbons (Fsp3) is 0.545. The first kappa shape index (κ1) is 18.4. The highest BCUT2D eigenvalue weighted by atomic mass is 16.2. The second-order valence-electron chi connectivity index (χ2n) is 3.91. The van der Waals surface area contributed by atoms with Crippen molar-refractivity contribution in [2.24, 2.45) is 0 Å². The summed E-state index contributed by atoms with van der Waals surface area (Å²) < 4.78 is 0. The second kappa shape index (κ2) is 10.2. The Labute approximate surface area is 121 Å². The minimum Gasteiger partial charge on any atom is -0.358 e. The number of nitrogens with one attached hydrogen (secondary N) is 5. The first-order valence-electron chi connectivity index (χ1n) is 6.10. The molecular weight excluding hydrogens is 282 g/mol. The average Bonchev–Trinajstić information content (AvgIpc) is 2.45. The lowest BCUT2D eigenvalue weighted by atomic mass is 10.4. The van der Waals surface area contributed by atoms with Gasteiger partial charge in [0.05, 0.1) is 26.2 Å². The van der Waals surface area contributed by atoms with E-state index in [1.807, 2.05) is 0 Å². The maximum atomic E-state index is 11.3. The Bertz CT molecular complexity index is 423. The van der Waals surface area contributed by atoms with Crippen LogP contribution in [0.25, 0.3) is 0 Å². The van der Waals surface area contributed by atoms with Crippen molar-refractivity contribution in [1.29, 1.82) is 0 Å². The maximum Gasteiger partial charge on any atom is 0.239 e. The van der Waals surface area contributed by atoms with Crippen molar-refractivity contribution in [3.8, 4) is 0 Å². The smallest absolute Gasteiger partial charge is 0.239 e. The third kappa shape index (κ3) is 10.9. The summed E-state index contributed by atoms with van der Waals surface area (Å²) in [5.41, 5.74) is 0. The lowest BCUT2D eigenvalue weighted by Gasteiger charge is -2.07. The van der Waals surface area contributed by atoms with E-state index in [1.165, 1.54) is 14.0 Å². The molecule has 0 saturated carbocycles. The van der Waals surface area contributed by atoms with Crippen LogP contribution in [0.3, 0.4) is 0 Å². The highest BCUT2D eigenvalue weighted by Gasteiger charge is 2.08. The number of carbonyl (C=O) groups excluding carboxylic acids is 5. The van der Waals surface area contributed by atoms with Crippen molar-refractivity contribution in [3.05, 3.63) is 0 Å². The molecule has 0 aliphatic carbocycles. The standard InChI is InChI=1S/C11H19N5O5/c1-7(17)13-4-9(19)15-6-11(21)16-5-10(20)14-3-8(18)12-2/h3-6H2,1-2H3,(H,12,18)(H,13,17)(H,14,20)(H,15,19)(H,16,21). The predicted octanol–water partition coefficient (Wildman–Crippen LogP) is -3.78. The Morgan fingerprint density at radius 2 is 0.952 bits per heavy atom. The molecule has 10 nitrogen and oxygen atoms in total. The van der Waals surface area contributed by atoms with Crippen molar-refractivity contribution in [2.45, 2.75) is 6.92 Å². The van der Waals surface area contributed by atoms with Gasteiger partial charge in [-0.15, -0.1) is 0 Å². The molecule has 0 fully saturated rings. The molecule has 0 atom stereocenters. The third-order valence-electron chi connectivity index (χ3n) is 2.12. The number of amides is 5. The summed E-state index contributed by atoms with van der Waals surface area (Å²) in [5, 5.41) is 11.4. The molecule has 0 aliphatic rings. The largest absolute Gasteiger partial charge is 0.358 e. The number of hydrogen-bond acceptors (Lipinski definition) is 5. The molecule has 5 amide bonds. The van der Waals surface area contributed by atoms with E-state index in [4.69, 9.17) is 0 Å². The molecule has 0 unspecified atom stereocenters. The summed E-state index contributed by atoms with van der Waals surface area (Å²) in [6, 6.07) is 0. The van der Waals surface area contributed by atoms with Crippen LogP contribution in [-0.2, 0) is 24.0 Å². The van der Waals surface area contributed by atoms with Gasteiger partial charge < -0.3 is 26.6 Å². The van der Waals surface area contributed by atoms with Gasteiger partial charge in [0.15, 0.2) is 0 Å². The molecule has 0 bridgehead atoms. The molecule has 0 aliphatic heterocycles. The van der Waals surface area contributed by atoms with Crippen LogP contribution in [0, 0.1) is 0 Å². The quantitative estimate of drug-likeness (QED) is 0.312. The monoisotopic (exact) mass is 301 g/mol. The predicted molar refractivity (Wildman–Crippen MR) is 71.8 cm³/mol. The van der Waals surface area contributed by atoms with Gasteiger partial charge in [-0.1, -0.05) is 0 Å². The summed E-state index contributed by atoms with van der Waals surface area (Å²) >= 11 is 0. The van der Waals surface area contributed by atoms with Crippen LogP contribution >= 0.6 is 0 Å². The van der Waals surface area contributed by atoms with Gasteiger partial charge in [0, 0.05) is 14.0 Å². The Hall–Kier alpha value is -2.65. The van der Waals surface area contributed by atoms with Gasteiger partial charge in [0.2, 0.25) is 29.5 Å². The van der Waals surface area contributed by atoms with Gasteiger partial charge in [-0.3, -0.25) is 24.0 Å². The zero-order valence-electron chi connectivity index (χ0n) is 11.9. The molecule has 0 aromatic rings. The Morgan fingerprint density at radius 1 is 0.619 bits per heavy atom. The topological polar surface area (TPSA) is 146 Å². The molecule has 10 heteroatoms. The van der Waals surface area contributed by atoms with Crippen LogP contribution in [0.1, 0.15) is 6.92 Å². The normalized spacial score (nSPS) is 9.24. The van der Waals surface area contributed by atoms with Crippen LogP contribution in [0.4, 0.5) is 0 Å². The highest BCUT2D eigenvalue weighted by Crippen LogP contribution is 1.70. The summed E-state index contributed by atoms with van der Waals surface area (Å²) in [6.45, 7) is 0.226. The summed E-state index contributed by atoms with van der Waals surface area (Å²) in [6.07, 6.45) is 0. The van der Waals surface area contributed by atoms with E-state index in [1.54, 1.807) is 0 Å². The molecule has 0 saturated heterocycles. The van der Waals surface area contributed by atoms with Gasteiger partial charge in [0.25, 0.3) is 0 Å². The lowest BCUT2D eigenvalue weighted by molar-refractivity contribution is -0.128. The Morgan fingerprint density at radius 3 is 1.29 bits per heavy atom. The van der Waals surface area contributed by atoms with E-state index >= 15 is 0 Å². The first-order valence-corrected chi connectivity index (χ1v) is 6.10. The SMILES string of the molecule is CNC(=O)CNC(=O)CNC(=O)CNC(=O)CNC(C)=O. The fourth-order valence-corrected chi connectivity index (χ4v) is 1.02. The van der Waals surface area contributed by atoms with Gasteiger partial charge in [-0.05, 0) is 0 Å². The number of rotatable bonds is 8. The zero-order chi connectivity index (χ0) is 16.3. The van der Waals surface area contributed by atoms with Crippen LogP contribution in [0.5, 0.6) is 0 Å². The first-order chi connectivity index (χ1) is 9.85. The van der Waals surface area contributed by atoms with Crippen LogP contribution in [-0.4, -0.2) is 62.8 Å². The van der Waals surface area contributed by atoms with E-state index < -0.39 is 17.7 Å². The molecule has 0 radical (unpaired) electrons. The lowest BCUT2D eigenvalue weighted by Crippen LogP contribution is -2.45. The summed E-state index contributed by atoms with van der Waals surface area (Å²) in [5.74, 6) is -2.34. The number of hydrogen-bond donors (Lipinski definition) is 5. The van der Waals surface area contributed by atoms with Gasteiger partial charge in [-0.25, -0.2) is 0 Å². The van der Waals surface area contributed by atoms with Crippen molar-refractivity contribution in [3.63, 3.8) is 0 Å². The van der Waals surface area contributed by atoms with E-state index in [0.29, 0.717) is 0 Å². The Balaban J connectivity index is 3.75. The van der Waals surface area contributed by atoms with Crippen molar-refractivity contribution < 1.29 is 24.0 Å². The maximum absolute atomic E-state index is 11.3. The molecule has 0 aromatic carbocycles. The highest BCUT2D eigenvalue weighted by molar-refractivity contribution is 5.90. The van der Waals surface area contributed by atoms with Crippen molar-refractivity contribution in [1.82, 2.24) is 26.6 Å². The Kier molecular flexibility index (Phi) is 8.89. The minimum absolute atomic E-state index is 0.182. The molecule has 0 rings (SSSR count). The van der Waals surface area contributed by atoms with E-state index in [9.17, 15) is 24.0 Å². The molecule has 0 heterocycles. The van der Waals surface area contributed by atoms with Crippen molar-refractivity contribution in [2.75, 3.05) is 33.2 Å². The van der Waals surface area contributed by atoms with Gasteiger partial charge in [-0.2, -0.15) is 0 Å². The van der Waals surface area contributed by atoms with Crippen molar-refractivity contribution >= 4 is 29.5 Å². The number of likely N-dealkylation sites (N-methyl/N-ethyl adjacent to an activating group) is 1. The average molecular weight is 301 g/mol. The van der Waals surface area contributed by atoms with E-state index in [-0.39, 0.29) is 38.0 Å². The number of carbonyl (C=O) groups is 5. The molecule has 0 spiro atoms.